The molecule has 1 aliphatic carbocycles. The van der Waals surface area contributed by atoms with Crippen molar-refractivity contribution < 1.29 is 0 Å². The molecule has 0 bridgehead atoms. The van der Waals surface area contributed by atoms with E-state index in [0.717, 1.165) is 34.9 Å². The topological polar surface area (TPSA) is 50.7 Å². The maximum absolute atomic E-state index is 4.66. The molecule has 19 heavy (non-hydrogen) atoms. The Hall–Kier alpha value is -1.81. The molecule has 0 unspecified atom stereocenters. The first-order chi connectivity index (χ1) is 9.22. The molecule has 1 N–H and O–H groups in total. The summed E-state index contributed by atoms with van der Waals surface area (Å²) in [4.78, 5) is 13.3. The monoisotopic (exact) mass is 254 g/mol. The second-order valence-electron chi connectivity index (χ2n) is 5.17. The fourth-order valence-corrected chi connectivity index (χ4v) is 2.11. The molecule has 0 radical (unpaired) electrons. The van der Waals surface area contributed by atoms with Gasteiger partial charge in [0.25, 0.3) is 0 Å². The molecular formula is C15H18N4. The number of rotatable bonds is 4. The maximum atomic E-state index is 4.66. The smallest absolute Gasteiger partial charge is 0.160 e. The molecule has 0 saturated heterocycles. The zero-order valence-electron chi connectivity index (χ0n) is 11.3. The molecule has 1 aliphatic rings. The maximum Gasteiger partial charge on any atom is 0.160 e. The molecule has 4 heteroatoms. The minimum absolute atomic E-state index is 0.696. The van der Waals surface area contributed by atoms with Gasteiger partial charge >= 0.3 is 0 Å². The summed E-state index contributed by atoms with van der Waals surface area (Å²) in [6, 6.07) is 4.72. The molecular weight excluding hydrogens is 236 g/mol. The van der Waals surface area contributed by atoms with Gasteiger partial charge in [-0.2, -0.15) is 0 Å². The number of aromatic nitrogens is 3. The van der Waals surface area contributed by atoms with Crippen LogP contribution in [-0.2, 0) is 6.54 Å². The standard InChI is InChI=1S/C15H18N4/c1-10-8-16-6-5-14(10)15-18-11(2)7-13(19-15)9-17-12-3-4-12/h5-8,12,17H,3-4,9H2,1-2H3. The zero-order valence-corrected chi connectivity index (χ0v) is 11.3. The van der Waals surface area contributed by atoms with E-state index in [1.807, 2.05) is 26.1 Å². The zero-order chi connectivity index (χ0) is 13.2. The van der Waals surface area contributed by atoms with Crippen LogP contribution in [0.4, 0.5) is 0 Å². The van der Waals surface area contributed by atoms with E-state index in [4.69, 9.17) is 0 Å². The van der Waals surface area contributed by atoms with E-state index in [2.05, 4.69) is 26.3 Å². The van der Waals surface area contributed by atoms with Gasteiger partial charge in [0, 0.05) is 36.2 Å². The average Bonchev–Trinajstić information content (AvgIpc) is 3.20. The van der Waals surface area contributed by atoms with Crippen LogP contribution < -0.4 is 5.32 Å². The van der Waals surface area contributed by atoms with Crippen LogP contribution in [0.2, 0.25) is 0 Å². The van der Waals surface area contributed by atoms with E-state index in [0.29, 0.717) is 6.04 Å². The molecule has 2 aromatic heterocycles. The van der Waals surface area contributed by atoms with Gasteiger partial charge in [0.1, 0.15) is 0 Å². The van der Waals surface area contributed by atoms with E-state index in [-0.39, 0.29) is 0 Å². The van der Waals surface area contributed by atoms with Gasteiger partial charge in [-0.25, -0.2) is 9.97 Å². The van der Waals surface area contributed by atoms with E-state index in [1.54, 1.807) is 6.20 Å². The van der Waals surface area contributed by atoms with Crippen LogP contribution in [0.1, 0.15) is 29.8 Å². The highest BCUT2D eigenvalue weighted by Gasteiger charge is 2.20. The van der Waals surface area contributed by atoms with Gasteiger partial charge in [0.15, 0.2) is 5.82 Å². The quantitative estimate of drug-likeness (QED) is 0.910. The van der Waals surface area contributed by atoms with Crippen LogP contribution in [0.25, 0.3) is 11.4 Å². The van der Waals surface area contributed by atoms with Crippen molar-refractivity contribution >= 4 is 0 Å². The third-order valence-electron chi connectivity index (χ3n) is 3.32. The van der Waals surface area contributed by atoms with E-state index in [1.165, 1.54) is 12.8 Å². The number of pyridine rings is 1. The summed E-state index contributed by atoms with van der Waals surface area (Å²) in [5.41, 5.74) is 4.24. The second kappa shape index (κ2) is 5.05. The predicted octanol–water partition coefficient (Wildman–Crippen LogP) is 2.41. The fraction of sp³-hybridized carbons (Fsp3) is 0.400. The Bertz CT molecular complexity index is 590. The molecule has 2 heterocycles. The first-order valence-electron chi connectivity index (χ1n) is 6.71. The molecule has 0 aliphatic heterocycles. The highest BCUT2D eigenvalue weighted by Crippen LogP contribution is 2.21. The molecule has 1 fully saturated rings. The van der Waals surface area contributed by atoms with Gasteiger partial charge in [-0.3, -0.25) is 4.98 Å². The average molecular weight is 254 g/mol. The molecule has 0 atom stereocenters. The summed E-state index contributed by atoms with van der Waals surface area (Å²) in [7, 11) is 0. The number of hydrogen-bond acceptors (Lipinski definition) is 4. The van der Waals surface area contributed by atoms with Crippen molar-refractivity contribution in [3.05, 3.63) is 41.5 Å². The summed E-state index contributed by atoms with van der Waals surface area (Å²) in [6.45, 7) is 4.88. The van der Waals surface area contributed by atoms with Crippen LogP contribution in [0, 0.1) is 13.8 Å². The fourth-order valence-electron chi connectivity index (χ4n) is 2.11. The van der Waals surface area contributed by atoms with Crippen molar-refractivity contribution in [2.75, 3.05) is 0 Å². The first-order valence-corrected chi connectivity index (χ1v) is 6.71. The molecule has 3 rings (SSSR count). The molecule has 0 aromatic carbocycles. The first kappa shape index (κ1) is 12.2. The number of nitrogens with one attached hydrogen (secondary N) is 1. The lowest BCUT2D eigenvalue weighted by Gasteiger charge is -2.08. The molecule has 2 aromatic rings. The van der Waals surface area contributed by atoms with Crippen LogP contribution in [-0.4, -0.2) is 21.0 Å². The van der Waals surface area contributed by atoms with Crippen molar-refractivity contribution in [1.29, 1.82) is 0 Å². The number of hydrogen-bond donors (Lipinski definition) is 1. The lowest BCUT2D eigenvalue weighted by molar-refractivity contribution is 0.672. The summed E-state index contributed by atoms with van der Waals surface area (Å²) in [6.07, 6.45) is 6.22. The molecule has 4 nitrogen and oxygen atoms in total. The molecule has 0 amide bonds. The second-order valence-corrected chi connectivity index (χ2v) is 5.17. The Kier molecular flexibility index (Phi) is 3.25. The Balaban J connectivity index is 1.90. The van der Waals surface area contributed by atoms with Crippen molar-refractivity contribution in [1.82, 2.24) is 20.3 Å². The number of aryl methyl sites for hydroxylation is 2. The highest BCUT2D eigenvalue weighted by atomic mass is 15.0. The van der Waals surface area contributed by atoms with Crippen LogP contribution in [0.3, 0.4) is 0 Å². The summed E-state index contributed by atoms with van der Waals surface area (Å²) >= 11 is 0. The SMILES string of the molecule is Cc1cc(CNC2CC2)nc(-c2ccncc2C)n1. The van der Waals surface area contributed by atoms with Crippen molar-refractivity contribution in [3.8, 4) is 11.4 Å². The largest absolute Gasteiger partial charge is 0.308 e. The number of nitrogens with zero attached hydrogens (tertiary/aromatic N) is 3. The minimum Gasteiger partial charge on any atom is -0.308 e. The third-order valence-corrected chi connectivity index (χ3v) is 3.32. The van der Waals surface area contributed by atoms with E-state index >= 15 is 0 Å². The summed E-state index contributed by atoms with van der Waals surface area (Å²) < 4.78 is 0. The Morgan fingerprint density at radius 2 is 2.11 bits per heavy atom. The Morgan fingerprint density at radius 3 is 2.84 bits per heavy atom. The van der Waals surface area contributed by atoms with Crippen LogP contribution in [0.15, 0.2) is 24.5 Å². The van der Waals surface area contributed by atoms with Crippen LogP contribution in [0.5, 0.6) is 0 Å². The molecule has 0 spiro atoms. The minimum atomic E-state index is 0.696. The lowest BCUT2D eigenvalue weighted by atomic mass is 10.1. The normalized spacial score (nSPS) is 14.6. The van der Waals surface area contributed by atoms with Crippen molar-refractivity contribution in [3.63, 3.8) is 0 Å². The van der Waals surface area contributed by atoms with E-state index in [9.17, 15) is 0 Å². The third kappa shape index (κ3) is 2.96. The van der Waals surface area contributed by atoms with Crippen molar-refractivity contribution in [2.45, 2.75) is 39.3 Å². The van der Waals surface area contributed by atoms with Gasteiger partial charge in [-0.1, -0.05) is 0 Å². The van der Waals surface area contributed by atoms with Gasteiger partial charge in [0.2, 0.25) is 0 Å². The Morgan fingerprint density at radius 1 is 1.26 bits per heavy atom. The van der Waals surface area contributed by atoms with Crippen LogP contribution >= 0.6 is 0 Å². The van der Waals surface area contributed by atoms with Crippen molar-refractivity contribution in [2.24, 2.45) is 0 Å². The molecule has 98 valence electrons. The summed E-state index contributed by atoms with van der Waals surface area (Å²) in [5.74, 6) is 0.799. The van der Waals surface area contributed by atoms with Gasteiger partial charge in [-0.15, -0.1) is 0 Å². The van der Waals surface area contributed by atoms with E-state index < -0.39 is 0 Å². The predicted molar refractivity (Wildman–Crippen MR) is 74.6 cm³/mol. The van der Waals surface area contributed by atoms with Gasteiger partial charge in [-0.05, 0) is 44.4 Å². The summed E-state index contributed by atoms with van der Waals surface area (Å²) in [5, 5.41) is 3.49. The van der Waals surface area contributed by atoms with Gasteiger partial charge < -0.3 is 5.32 Å². The molecule has 1 saturated carbocycles. The van der Waals surface area contributed by atoms with Gasteiger partial charge in [0.05, 0.1) is 5.69 Å². The lowest BCUT2D eigenvalue weighted by Crippen LogP contribution is -2.16. The highest BCUT2D eigenvalue weighted by molar-refractivity contribution is 5.58. The Labute approximate surface area is 113 Å².